The third kappa shape index (κ3) is 3.92. The summed E-state index contributed by atoms with van der Waals surface area (Å²) in [5.41, 5.74) is 0.853. The Morgan fingerprint density at radius 1 is 1.30 bits per heavy atom. The number of carbonyl (C=O) groups excluding carboxylic acids is 1. The van der Waals surface area contributed by atoms with Crippen molar-refractivity contribution in [3.8, 4) is 0 Å². The Balaban J connectivity index is 1.91. The standard InChI is InChI=1S/C16H24N2OS/c1-11-6-4-9-15(12(11)2)18-16(19)17-13-7-5-8-14(10-13)20-3/h5,7-8,10-12,15H,4,6,9H2,1-3H3,(H2,17,18,19)/t11-,12+,15+/m1/s1. The first-order valence-corrected chi connectivity index (χ1v) is 8.54. The highest BCUT2D eigenvalue weighted by molar-refractivity contribution is 7.98. The topological polar surface area (TPSA) is 41.1 Å². The van der Waals surface area contributed by atoms with Gasteiger partial charge in [-0.15, -0.1) is 11.8 Å². The van der Waals surface area contributed by atoms with Crippen LogP contribution >= 0.6 is 11.8 Å². The number of urea groups is 1. The van der Waals surface area contributed by atoms with Crippen LogP contribution in [0.15, 0.2) is 29.2 Å². The molecule has 20 heavy (non-hydrogen) atoms. The molecule has 110 valence electrons. The van der Waals surface area contributed by atoms with Crippen LogP contribution in [-0.4, -0.2) is 18.3 Å². The van der Waals surface area contributed by atoms with Gasteiger partial charge in [0.15, 0.2) is 0 Å². The van der Waals surface area contributed by atoms with Gasteiger partial charge in [0.25, 0.3) is 0 Å². The second-order valence-corrected chi connectivity index (χ2v) is 6.58. The number of anilines is 1. The number of amides is 2. The first-order chi connectivity index (χ1) is 9.60. The van der Waals surface area contributed by atoms with Gasteiger partial charge in [0.1, 0.15) is 0 Å². The van der Waals surface area contributed by atoms with Gasteiger partial charge in [-0.25, -0.2) is 4.79 Å². The molecule has 1 saturated carbocycles. The molecule has 0 unspecified atom stereocenters. The first kappa shape index (κ1) is 15.2. The lowest BCUT2D eigenvalue weighted by Crippen LogP contribution is -2.45. The van der Waals surface area contributed by atoms with Crippen LogP contribution in [0.1, 0.15) is 33.1 Å². The SMILES string of the molecule is CSc1cccc(NC(=O)N[C@H]2CCC[C@@H](C)[C@@H]2C)c1. The molecule has 1 aromatic carbocycles. The number of hydrogen-bond acceptors (Lipinski definition) is 2. The van der Waals surface area contributed by atoms with E-state index in [0.29, 0.717) is 17.9 Å². The van der Waals surface area contributed by atoms with Gasteiger partial charge < -0.3 is 10.6 Å². The lowest BCUT2D eigenvalue weighted by Gasteiger charge is -2.34. The number of hydrogen-bond donors (Lipinski definition) is 2. The summed E-state index contributed by atoms with van der Waals surface area (Å²) in [6, 6.07) is 8.13. The van der Waals surface area contributed by atoms with Crippen LogP contribution in [0, 0.1) is 11.8 Å². The van der Waals surface area contributed by atoms with Crippen LogP contribution in [0.5, 0.6) is 0 Å². The van der Waals surface area contributed by atoms with E-state index < -0.39 is 0 Å². The lowest BCUT2D eigenvalue weighted by molar-refractivity contribution is 0.201. The fraction of sp³-hybridized carbons (Fsp3) is 0.562. The molecule has 2 amide bonds. The van der Waals surface area contributed by atoms with Crippen LogP contribution in [0.3, 0.4) is 0 Å². The molecule has 1 aromatic rings. The average molecular weight is 292 g/mol. The second kappa shape index (κ2) is 7.02. The summed E-state index contributed by atoms with van der Waals surface area (Å²) in [7, 11) is 0. The van der Waals surface area contributed by atoms with Crippen molar-refractivity contribution < 1.29 is 4.79 Å². The van der Waals surface area contributed by atoms with Crippen LogP contribution in [0.25, 0.3) is 0 Å². The molecular weight excluding hydrogens is 268 g/mol. The number of rotatable bonds is 3. The van der Waals surface area contributed by atoms with Crippen LogP contribution in [0.4, 0.5) is 10.5 Å². The Kier molecular flexibility index (Phi) is 5.35. The third-order valence-corrected chi connectivity index (χ3v) is 5.08. The van der Waals surface area contributed by atoms with Crippen molar-refractivity contribution in [3.05, 3.63) is 24.3 Å². The predicted octanol–water partition coefficient (Wildman–Crippen LogP) is 4.35. The molecule has 0 heterocycles. The first-order valence-electron chi connectivity index (χ1n) is 7.31. The van der Waals surface area contributed by atoms with E-state index in [4.69, 9.17) is 0 Å². The molecule has 0 aromatic heterocycles. The highest BCUT2D eigenvalue weighted by Gasteiger charge is 2.28. The Hall–Kier alpha value is -1.16. The largest absolute Gasteiger partial charge is 0.335 e. The molecule has 3 nitrogen and oxygen atoms in total. The van der Waals surface area contributed by atoms with E-state index in [9.17, 15) is 4.79 Å². The smallest absolute Gasteiger partial charge is 0.319 e. The summed E-state index contributed by atoms with van der Waals surface area (Å²) in [6.07, 6.45) is 5.60. The fourth-order valence-corrected chi connectivity index (χ4v) is 3.28. The maximum absolute atomic E-state index is 12.1. The molecule has 2 rings (SSSR count). The molecule has 0 aliphatic heterocycles. The number of thioether (sulfide) groups is 1. The molecule has 2 N–H and O–H groups in total. The summed E-state index contributed by atoms with van der Waals surface area (Å²) < 4.78 is 0. The van der Waals surface area contributed by atoms with Gasteiger partial charge in [-0.1, -0.05) is 32.8 Å². The average Bonchev–Trinajstić information content (AvgIpc) is 2.44. The van der Waals surface area contributed by atoms with Crippen LogP contribution in [0.2, 0.25) is 0 Å². The van der Waals surface area contributed by atoms with E-state index in [1.165, 1.54) is 12.8 Å². The minimum atomic E-state index is -0.0887. The van der Waals surface area contributed by atoms with Crippen LogP contribution < -0.4 is 10.6 Å². The molecule has 0 bridgehead atoms. The molecule has 0 spiro atoms. The Morgan fingerprint density at radius 3 is 2.85 bits per heavy atom. The molecule has 1 aliphatic carbocycles. The third-order valence-electron chi connectivity index (χ3n) is 4.35. The minimum Gasteiger partial charge on any atom is -0.335 e. The maximum Gasteiger partial charge on any atom is 0.319 e. The Morgan fingerprint density at radius 2 is 2.10 bits per heavy atom. The quantitative estimate of drug-likeness (QED) is 0.813. The molecule has 0 radical (unpaired) electrons. The van der Waals surface area contributed by atoms with Crippen molar-refractivity contribution in [2.45, 2.75) is 44.0 Å². The van der Waals surface area contributed by atoms with Crippen molar-refractivity contribution in [1.29, 1.82) is 0 Å². The van der Waals surface area contributed by atoms with E-state index in [1.54, 1.807) is 11.8 Å². The molecule has 0 saturated heterocycles. The van der Waals surface area contributed by atoms with Crippen molar-refractivity contribution in [2.75, 3.05) is 11.6 Å². The molecule has 4 heteroatoms. The van der Waals surface area contributed by atoms with E-state index in [0.717, 1.165) is 17.0 Å². The number of nitrogens with one attached hydrogen (secondary N) is 2. The monoisotopic (exact) mass is 292 g/mol. The van der Waals surface area contributed by atoms with E-state index in [1.807, 2.05) is 30.5 Å². The van der Waals surface area contributed by atoms with Gasteiger partial charge in [-0.05, 0) is 42.7 Å². The second-order valence-electron chi connectivity index (χ2n) is 5.70. The zero-order valence-corrected chi connectivity index (χ0v) is 13.3. The summed E-state index contributed by atoms with van der Waals surface area (Å²) in [4.78, 5) is 13.3. The normalized spacial score (nSPS) is 26.1. The number of carbonyl (C=O) groups is 1. The van der Waals surface area contributed by atoms with Crippen LogP contribution in [-0.2, 0) is 0 Å². The van der Waals surface area contributed by atoms with Gasteiger partial charge in [0.05, 0.1) is 0 Å². The highest BCUT2D eigenvalue weighted by atomic mass is 32.2. The van der Waals surface area contributed by atoms with Crippen molar-refractivity contribution in [3.63, 3.8) is 0 Å². The van der Waals surface area contributed by atoms with Gasteiger partial charge >= 0.3 is 6.03 Å². The summed E-state index contributed by atoms with van der Waals surface area (Å²) in [5.74, 6) is 1.24. The molecule has 3 atom stereocenters. The number of benzene rings is 1. The van der Waals surface area contributed by atoms with E-state index >= 15 is 0 Å². The van der Waals surface area contributed by atoms with Gasteiger partial charge in [-0.2, -0.15) is 0 Å². The van der Waals surface area contributed by atoms with Crippen molar-refractivity contribution >= 4 is 23.5 Å². The minimum absolute atomic E-state index is 0.0887. The predicted molar refractivity (Wildman–Crippen MR) is 86.3 cm³/mol. The van der Waals surface area contributed by atoms with Crippen molar-refractivity contribution in [2.24, 2.45) is 11.8 Å². The van der Waals surface area contributed by atoms with Crippen molar-refractivity contribution in [1.82, 2.24) is 5.32 Å². The summed E-state index contributed by atoms with van der Waals surface area (Å²) in [5, 5.41) is 6.06. The van der Waals surface area contributed by atoms with Gasteiger partial charge in [-0.3, -0.25) is 0 Å². The zero-order valence-electron chi connectivity index (χ0n) is 12.5. The molecule has 1 aliphatic rings. The van der Waals surface area contributed by atoms with E-state index in [-0.39, 0.29) is 6.03 Å². The zero-order chi connectivity index (χ0) is 14.5. The Labute approximate surface area is 125 Å². The lowest BCUT2D eigenvalue weighted by atomic mass is 9.78. The molecule has 1 fully saturated rings. The maximum atomic E-state index is 12.1. The molecular formula is C16H24N2OS. The fourth-order valence-electron chi connectivity index (χ4n) is 2.82. The highest BCUT2D eigenvalue weighted by Crippen LogP contribution is 2.29. The summed E-state index contributed by atoms with van der Waals surface area (Å²) >= 11 is 1.67. The van der Waals surface area contributed by atoms with E-state index in [2.05, 4.69) is 24.5 Å². The Bertz CT molecular complexity index is 464. The summed E-state index contributed by atoms with van der Waals surface area (Å²) in [6.45, 7) is 4.52. The van der Waals surface area contributed by atoms with Gasteiger partial charge in [0.2, 0.25) is 0 Å². The van der Waals surface area contributed by atoms with Gasteiger partial charge in [0, 0.05) is 16.6 Å².